The van der Waals surface area contributed by atoms with Crippen LogP contribution in [0.5, 0.6) is 0 Å². The molecule has 1 aromatic rings. The van der Waals surface area contributed by atoms with Crippen LogP contribution in [-0.2, 0) is 4.79 Å². The lowest BCUT2D eigenvalue weighted by Gasteiger charge is -2.26. The highest BCUT2D eigenvalue weighted by molar-refractivity contribution is 6.34. The Morgan fingerprint density at radius 3 is 2.67 bits per heavy atom. The minimum absolute atomic E-state index is 0.147. The molecule has 1 saturated carbocycles. The van der Waals surface area contributed by atoms with Gasteiger partial charge in [0.1, 0.15) is 0 Å². The van der Waals surface area contributed by atoms with Crippen LogP contribution in [0.25, 0.3) is 0 Å². The van der Waals surface area contributed by atoms with Crippen LogP contribution in [0.1, 0.15) is 23.2 Å². The first-order valence-electron chi connectivity index (χ1n) is 7.02. The average Bonchev–Trinajstić information content (AvgIpc) is 3.24. The molecule has 2 rings (SSSR count). The van der Waals surface area contributed by atoms with Crippen molar-refractivity contribution >= 4 is 23.4 Å². The molecule has 1 fully saturated rings. The highest BCUT2D eigenvalue weighted by Crippen LogP contribution is 2.34. The maximum absolute atomic E-state index is 12.0. The van der Waals surface area contributed by atoms with Crippen molar-refractivity contribution in [3.05, 3.63) is 34.9 Å². The molecule has 114 valence electrons. The van der Waals surface area contributed by atoms with Gasteiger partial charge >= 0.3 is 0 Å². The molecule has 6 heteroatoms. The fourth-order valence-corrected chi connectivity index (χ4v) is 2.66. The Labute approximate surface area is 129 Å². The number of carbonyl (C=O) groups excluding carboxylic acids is 2. The van der Waals surface area contributed by atoms with Crippen molar-refractivity contribution in [1.29, 1.82) is 0 Å². The van der Waals surface area contributed by atoms with Gasteiger partial charge in [-0.1, -0.05) is 23.7 Å². The number of imide groups is 1. The Morgan fingerprint density at radius 1 is 1.43 bits per heavy atom. The van der Waals surface area contributed by atoms with E-state index in [0.717, 1.165) is 12.8 Å². The topological polar surface area (TPSA) is 75.4 Å². The number of hydrogen-bond donors (Lipinski definition) is 2. The Bertz CT molecular complexity index is 531. The first-order valence-corrected chi connectivity index (χ1v) is 7.39. The smallest absolute Gasteiger partial charge is 0.259 e. The van der Waals surface area contributed by atoms with Gasteiger partial charge in [-0.25, -0.2) is 0 Å². The van der Waals surface area contributed by atoms with E-state index in [-0.39, 0.29) is 18.5 Å². The van der Waals surface area contributed by atoms with Gasteiger partial charge in [-0.15, -0.1) is 0 Å². The molecular weight excluding hydrogens is 290 g/mol. The molecule has 0 aliphatic heterocycles. The summed E-state index contributed by atoms with van der Waals surface area (Å²) < 4.78 is 0. The molecule has 21 heavy (non-hydrogen) atoms. The summed E-state index contributed by atoms with van der Waals surface area (Å²) in [5.74, 6) is -0.247. The second kappa shape index (κ2) is 7.02. The summed E-state index contributed by atoms with van der Waals surface area (Å²) in [4.78, 5) is 25.8. The lowest BCUT2D eigenvalue weighted by molar-refractivity contribution is -0.121. The van der Waals surface area contributed by atoms with Crippen LogP contribution >= 0.6 is 11.6 Å². The first-order chi connectivity index (χ1) is 10.0. The predicted octanol–water partition coefficient (Wildman–Crippen LogP) is 1.27. The summed E-state index contributed by atoms with van der Waals surface area (Å²) in [6.07, 6.45) is 2.32. The van der Waals surface area contributed by atoms with Crippen LogP contribution in [0.2, 0.25) is 5.02 Å². The molecule has 1 atom stereocenters. The fraction of sp³-hybridized carbons (Fsp3) is 0.467. The molecule has 2 amide bonds. The van der Waals surface area contributed by atoms with Gasteiger partial charge in [0.25, 0.3) is 5.91 Å². The molecule has 0 spiro atoms. The van der Waals surface area contributed by atoms with E-state index in [1.807, 2.05) is 11.9 Å². The van der Waals surface area contributed by atoms with Crippen molar-refractivity contribution in [1.82, 2.24) is 10.2 Å². The molecule has 1 aliphatic rings. The number of hydrogen-bond acceptors (Lipinski definition) is 4. The monoisotopic (exact) mass is 309 g/mol. The van der Waals surface area contributed by atoms with Crippen molar-refractivity contribution in [2.45, 2.75) is 18.9 Å². The van der Waals surface area contributed by atoms with Gasteiger partial charge in [0.05, 0.1) is 17.1 Å². The Balaban J connectivity index is 1.89. The van der Waals surface area contributed by atoms with Crippen molar-refractivity contribution in [2.24, 2.45) is 11.7 Å². The Morgan fingerprint density at radius 2 is 2.10 bits per heavy atom. The molecule has 0 aromatic heterocycles. The number of nitrogens with two attached hydrogens (primary N) is 1. The Kier molecular flexibility index (Phi) is 5.33. The number of amides is 2. The minimum Gasteiger partial charge on any atom is -0.329 e. The van der Waals surface area contributed by atoms with E-state index in [1.165, 1.54) is 0 Å². The van der Waals surface area contributed by atoms with Gasteiger partial charge in [0, 0.05) is 12.6 Å². The number of halogens is 1. The summed E-state index contributed by atoms with van der Waals surface area (Å²) in [5, 5.41) is 2.69. The van der Waals surface area contributed by atoms with Crippen molar-refractivity contribution in [3.63, 3.8) is 0 Å². The summed E-state index contributed by atoms with van der Waals surface area (Å²) >= 11 is 5.93. The van der Waals surface area contributed by atoms with Crippen LogP contribution < -0.4 is 11.1 Å². The van der Waals surface area contributed by atoms with Crippen molar-refractivity contribution in [2.75, 3.05) is 20.1 Å². The van der Waals surface area contributed by atoms with Crippen molar-refractivity contribution in [3.8, 4) is 0 Å². The molecule has 1 unspecified atom stereocenters. The van der Waals surface area contributed by atoms with E-state index in [1.54, 1.807) is 24.3 Å². The zero-order chi connectivity index (χ0) is 15.4. The van der Waals surface area contributed by atoms with Crippen LogP contribution in [0.15, 0.2) is 24.3 Å². The zero-order valence-corrected chi connectivity index (χ0v) is 12.8. The summed E-state index contributed by atoms with van der Waals surface area (Å²) in [7, 11) is 1.86. The molecule has 1 aliphatic carbocycles. The predicted molar refractivity (Wildman–Crippen MR) is 82.1 cm³/mol. The third-order valence-electron chi connectivity index (χ3n) is 3.74. The minimum atomic E-state index is -0.477. The standard InChI is InChI=1S/C15H20ClN3O2/c1-19(13(8-17)10-6-7-10)9-14(20)18-15(21)11-4-2-3-5-12(11)16/h2-5,10,13H,6-9,17H2,1H3,(H,18,20,21). The highest BCUT2D eigenvalue weighted by atomic mass is 35.5. The van der Waals surface area contributed by atoms with Crippen LogP contribution in [-0.4, -0.2) is 42.9 Å². The lowest BCUT2D eigenvalue weighted by Crippen LogP contribution is -2.46. The number of carbonyl (C=O) groups is 2. The zero-order valence-electron chi connectivity index (χ0n) is 12.0. The number of rotatable bonds is 6. The summed E-state index contributed by atoms with van der Waals surface area (Å²) in [6.45, 7) is 0.668. The van der Waals surface area contributed by atoms with Crippen LogP contribution in [0.4, 0.5) is 0 Å². The third kappa shape index (κ3) is 4.27. The first kappa shape index (κ1) is 15.9. The van der Waals surface area contributed by atoms with E-state index in [2.05, 4.69) is 5.32 Å². The normalized spacial score (nSPS) is 15.8. The van der Waals surface area contributed by atoms with E-state index in [0.29, 0.717) is 23.0 Å². The fourth-order valence-electron chi connectivity index (χ4n) is 2.44. The second-order valence-corrected chi connectivity index (χ2v) is 5.82. The molecular formula is C15H20ClN3O2. The van der Waals surface area contributed by atoms with E-state index in [9.17, 15) is 9.59 Å². The van der Waals surface area contributed by atoms with Gasteiger partial charge in [-0.05, 0) is 37.9 Å². The molecule has 0 saturated heterocycles. The molecule has 3 N–H and O–H groups in total. The quantitative estimate of drug-likeness (QED) is 0.829. The average molecular weight is 310 g/mol. The third-order valence-corrected chi connectivity index (χ3v) is 4.07. The van der Waals surface area contributed by atoms with E-state index in [4.69, 9.17) is 17.3 Å². The number of likely N-dealkylation sites (N-methyl/N-ethyl adjacent to an activating group) is 1. The number of benzene rings is 1. The van der Waals surface area contributed by atoms with Crippen LogP contribution in [0.3, 0.4) is 0 Å². The second-order valence-electron chi connectivity index (χ2n) is 5.41. The SMILES string of the molecule is CN(CC(=O)NC(=O)c1ccccc1Cl)C(CN)C1CC1. The molecule has 0 radical (unpaired) electrons. The van der Waals surface area contributed by atoms with Gasteiger partial charge in [-0.3, -0.25) is 19.8 Å². The molecule has 5 nitrogen and oxygen atoms in total. The molecule has 1 aromatic carbocycles. The molecule has 0 heterocycles. The van der Waals surface area contributed by atoms with Gasteiger partial charge in [-0.2, -0.15) is 0 Å². The maximum Gasteiger partial charge on any atom is 0.259 e. The largest absolute Gasteiger partial charge is 0.329 e. The number of nitrogens with zero attached hydrogens (tertiary/aromatic N) is 1. The number of nitrogens with one attached hydrogen (secondary N) is 1. The maximum atomic E-state index is 12.0. The van der Waals surface area contributed by atoms with E-state index >= 15 is 0 Å². The van der Waals surface area contributed by atoms with Crippen molar-refractivity contribution < 1.29 is 9.59 Å². The van der Waals surface area contributed by atoms with Gasteiger partial charge in [0.15, 0.2) is 0 Å². The molecule has 0 bridgehead atoms. The Hall–Kier alpha value is -1.43. The van der Waals surface area contributed by atoms with Gasteiger partial charge < -0.3 is 5.73 Å². The van der Waals surface area contributed by atoms with E-state index < -0.39 is 5.91 Å². The summed E-state index contributed by atoms with van der Waals surface area (Å²) in [6, 6.07) is 6.84. The lowest BCUT2D eigenvalue weighted by atomic mass is 10.1. The van der Waals surface area contributed by atoms with Gasteiger partial charge in [0.2, 0.25) is 5.91 Å². The summed E-state index contributed by atoms with van der Waals surface area (Å²) in [5.41, 5.74) is 6.04. The van der Waals surface area contributed by atoms with Crippen LogP contribution in [0, 0.1) is 5.92 Å². The highest BCUT2D eigenvalue weighted by Gasteiger charge is 2.33.